The second kappa shape index (κ2) is 5.28. The zero-order chi connectivity index (χ0) is 11.6. The van der Waals surface area contributed by atoms with Crippen LogP contribution in [0.5, 0.6) is 0 Å². The van der Waals surface area contributed by atoms with Crippen LogP contribution >= 0.6 is 11.8 Å². The fraction of sp³-hybridized carbons (Fsp3) is 1.00. The second-order valence-corrected chi connectivity index (χ2v) is 6.33. The van der Waals surface area contributed by atoms with Crippen LogP contribution in [-0.4, -0.2) is 36.8 Å². The van der Waals surface area contributed by atoms with Crippen molar-refractivity contribution in [3.05, 3.63) is 0 Å². The number of hydrogen-bond donors (Lipinski definition) is 1. The van der Waals surface area contributed by atoms with Gasteiger partial charge in [-0.05, 0) is 31.4 Å². The summed E-state index contributed by atoms with van der Waals surface area (Å²) in [5.41, 5.74) is 0.405. The fourth-order valence-corrected chi connectivity index (χ4v) is 4.63. The van der Waals surface area contributed by atoms with E-state index in [4.69, 9.17) is 4.74 Å². The Hall–Kier alpha value is 0.270. The van der Waals surface area contributed by atoms with Gasteiger partial charge in [-0.3, -0.25) is 0 Å². The number of ether oxygens (including phenoxy) is 1. The maximum absolute atomic E-state index is 5.63. The van der Waals surface area contributed by atoms with E-state index in [1.807, 2.05) is 7.11 Å². The van der Waals surface area contributed by atoms with Gasteiger partial charge in [-0.1, -0.05) is 13.8 Å². The van der Waals surface area contributed by atoms with Crippen molar-refractivity contribution in [3.63, 3.8) is 0 Å². The molecule has 3 heteroatoms. The Labute approximate surface area is 104 Å². The smallest absolute Gasteiger partial charge is 0.0657 e. The highest BCUT2D eigenvalue weighted by Crippen LogP contribution is 2.49. The van der Waals surface area contributed by atoms with E-state index in [2.05, 4.69) is 30.9 Å². The molecule has 0 radical (unpaired) electrons. The Bertz CT molecular complexity index is 224. The number of nitrogens with one attached hydrogen (secondary N) is 1. The highest BCUT2D eigenvalue weighted by molar-refractivity contribution is 7.99. The monoisotopic (exact) mass is 243 g/mol. The molecule has 1 N–H and O–H groups in total. The third-order valence-electron chi connectivity index (χ3n) is 4.75. The minimum atomic E-state index is 0.405. The lowest BCUT2D eigenvalue weighted by Crippen LogP contribution is -2.64. The summed E-state index contributed by atoms with van der Waals surface area (Å²) in [4.78, 5) is 0. The number of rotatable bonds is 5. The van der Waals surface area contributed by atoms with Gasteiger partial charge in [0, 0.05) is 30.4 Å². The van der Waals surface area contributed by atoms with Gasteiger partial charge in [0.2, 0.25) is 0 Å². The van der Waals surface area contributed by atoms with Crippen LogP contribution in [-0.2, 0) is 4.74 Å². The molecule has 0 aromatic rings. The van der Waals surface area contributed by atoms with Crippen LogP contribution in [0.2, 0.25) is 0 Å². The molecule has 2 aliphatic rings. The van der Waals surface area contributed by atoms with Gasteiger partial charge in [-0.15, -0.1) is 0 Å². The summed E-state index contributed by atoms with van der Waals surface area (Å²) in [6.45, 7) is 4.62. The van der Waals surface area contributed by atoms with Crippen molar-refractivity contribution >= 4 is 11.8 Å². The molecule has 2 rings (SSSR count). The van der Waals surface area contributed by atoms with Crippen LogP contribution in [0.1, 0.15) is 39.5 Å². The van der Waals surface area contributed by atoms with Gasteiger partial charge in [-0.25, -0.2) is 0 Å². The van der Waals surface area contributed by atoms with E-state index < -0.39 is 0 Å². The first-order valence-electron chi connectivity index (χ1n) is 6.63. The molecule has 16 heavy (non-hydrogen) atoms. The average molecular weight is 243 g/mol. The van der Waals surface area contributed by atoms with E-state index in [1.165, 1.54) is 37.2 Å². The maximum Gasteiger partial charge on any atom is 0.0657 e. The third kappa shape index (κ3) is 2.02. The molecule has 0 amide bonds. The molecule has 3 atom stereocenters. The Morgan fingerprint density at radius 2 is 2.12 bits per heavy atom. The van der Waals surface area contributed by atoms with Crippen LogP contribution in [0, 0.1) is 5.41 Å². The van der Waals surface area contributed by atoms with Crippen molar-refractivity contribution in [2.24, 2.45) is 5.41 Å². The van der Waals surface area contributed by atoms with E-state index in [0.717, 1.165) is 6.04 Å². The molecule has 1 aliphatic carbocycles. The van der Waals surface area contributed by atoms with Crippen molar-refractivity contribution in [1.29, 1.82) is 0 Å². The van der Waals surface area contributed by atoms with Crippen LogP contribution in [0.25, 0.3) is 0 Å². The maximum atomic E-state index is 5.63. The minimum absolute atomic E-state index is 0.405. The first-order chi connectivity index (χ1) is 7.76. The molecule has 1 heterocycles. The van der Waals surface area contributed by atoms with Gasteiger partial charge in [0.05, 0.1) is 6.10 Å². The van der Waals surface area contributed by atoms with Crippen molar-refractivity contribution in [2.45, 2.75) is 57.7 Å². The lowest BCUT2D eigenvalue weighted by Gasteiger charge is -2.56. The number of methoxy groups -OCH3 is 1. The van der Waals surface area contributed by atoms with Crippen molar-refractivity contribution in [3.8, 4) is 0 Å². The molecule has 3 unspecified atom stereocenters. The summed E-state index contributed by atoms with van der Waals surface area (Å²) in [5.74, 6) is 2.64. The first kappa shape index (κ1) is 12.7. The summed E-state index contributed by atoms with van der Waals surface area (Å²) in [5, 5.41) is 3.87. The normalized spacial score (nSPS) is 37.3. The minimum Gasteiger partial charge on any atom is -0.381 e. The fourth-order valence-electron chi connectivity index (χ4n) is 3.46. The van der Waals surface area contributed by atoms with Crippen LogP contribution in [0.4, 0.5) is 0 Å². The molecule has 2 nitrogen and oxygen atoms in total. The van der Waals surface area contributed by atoms with E-state index in [-0.39, 0.29) is 0 Å². The van der Waals surface area contributed by atoms with Gasteiger partial charge in [-0.2, -0.15) is 11.8 Å². The Balaban J connectivity index is 1.94. The topological polar surface area (TPSA) is 21.3 Å². The molecular formula is C13H25NOS. The summed E-state index contributed by atoms with van der Waals surface area (Å²) in [7, 11) is 1.87. The average Bonchev–Trinajstić information content (AvgIpc) is 2.78. The largest absolute Gasteiger partial charge is 0.381 e. The second-order valence-electron chi connectivity index (χ2n) is 5.18. The van der Waals surface area contributed by atoms with Gasteiger partial charge in [0.15, 0.2) is 0 Å². The Kier molecular flexibility index (Phi) is 4.20. The molecule has 0 aromatic heterocycles. The lowest BCUT2D eigenvalue weighted by atomic mass is 9.58. The molecule has 94 valence electrons. The molecular weight excluding hydrogens is 218 g/mol. The number of thioether (sulfide) groups is 1. The lowest BCUT2D eigenvalue weighted by molar-refractivity contribution is -0.125. The van der Waals surface area contributed by atoms with E-state index in [0.29, 0.717) is 17.6 Å². The van der Waals surface area contributed by atoms with Crippen LogP contribution in [0.3, 0.4) is 0 Å². The molecule has 1 aliphatic heterocycles. The van der Waals surface area contributed by atoms with Crippen molar-refractivity contribution in [2.75, 3.05) is 18.6 Å². The van der Waals surface area contributed by atoms with Gasteiger partial charge >= 0.3 is 0 Å². The molecule has 0 bridgehead atoms. The van der Waals surface area contributed by atoms with Crippen LogP contribution in [0.15, 0.2) is 0 Å². The molecule has 0 aromatic carbocycles. The van der Waals surface area contributed by atoms with E-state index >= 15 is 0 Å². The highest BCUT2D eigenvalue weighted by atomic mass is 32.2. The van der Waals surface area contributed by atoms with Crippen molar-refractivity contribution in [1.82, 2.24) is 5.32 Å². The van der Waals surface area contributed by atoms with E-state index in [1.54, 1.807) is 0 Å². The predicted molar refractivity (Wildman–Crippen MR) is 71.1 cm³/mol. The standard InChI is InChI=1S/C13H25NOS/c1-4-13(5-2)11(8-12(13)15-3)14-10-6-7-16-9-10/h10-12,14H,4-9H2,1-3H3. The van der Waals surface area contributed by atoms with Crippen LogP contribution < -0.4 is 5.32 Å². The molecule has 1 saturated heterocycles. The summed E-state index contributed by atoms with van der Waals surface area (Å²) < 4.78 is 5.63. The highest BCUT2D eigenvalue weighted by Gasteiger charge is 2.53. The summed E-state index contributed by atoms with van der Waals surface area (Å²) >= 11 is 2.09. The molecule has 2 fully saturated rings. The Morgan fingerprint density at radius 3 is 2.62 bits per heavy atom. The molecule has 0 spiro atoms. The zero-order valence-electron chi connectivity index (χ0n) is 10.8. The first-order valence-corrected chi connectivity index (χ1v) is 7.79. The van der Waals surface area contributed by atoms with Gasteiger partial charge in [0.25, 0.3) is 0 Å². The quantitative estimate of drug-likeness (QED) is 0.802. The van der Waals surface area contributed by atoms with E-state index in [9.17, 15) is 0 Å². The SMILES string of the molecule is CCC1(CC)C(NC2CCSC2)CC1OC. The zero-order valence-corrected chi connectivity index (χ0v) is 11.6. The third-order valence-corrected chi connectivity index (χ3v) is 5.92. The summed E-state index contributed by atoms with van der Waals surface area (Å²) in [6.07, 6.45) is 5.51. The Morgan fingerprint density at radius 1 is 1.38 bits per heavy atom. The van der Waals surface area contributed by atoms with Gasteiger partial charge in [0.1, 0.15) is 0 Å². The number of hydrogen-bond acceptors (Lipinski definition) is 3. The van der Waals surface area contributed by atoms with Gasteiger partial charge < -0.3 is 10.1 Å². The molecule has 1 saturated carbocycles. The predicted octanol–water partition coefficient (Wildman–Crippen LogP) is 2.68. The van der Waals surface area contributed by atoms with Crippen molar-refractivity contribution < 1.29 is 4.74 Å². The summed E-state index contributed by atoms with van der Waals surface area (Å²) in [6, 6.07) is 1.45.